The van der Waals surface area contributed by atoms with Crippen LogP contribution >= 0.6 is 0 Å². The summed E-state index contributed by atoms with van der Waals surface area (Å²) < 4.78 is 63.7. The number of nitrogens with two attached hydrogens (primary N) is 1. The molecule has 0 spiro atoms. The zero-order valence-corrected chi connectivity index (χ0v) is 26.9. The number of carbonyl (C=O) groups is 1. The molecule has 0 unspecified atom stereocenters. The van der Waals surface area contributed by atoms with Gasteiger partial charge in [0.25, 0.3) is 0 Å². The molecule has 1 aromatic heterocycles. The average Bonchev–Trinajstić information content (AvgIpc) is 3.25. The van der Waals surface area contributed by atoms with E-state index in [1.165, 1.54) is 6.92 Å². The summed E-state index contributed by atoms with van der Waals surface area (Å²) in [6.45, 7) is 3.15. The molecule has 1 aliphatic rings. The second-order valence-corrected chi connectivity index (χ2v) is 11.9. The van der Waals surface area contributed by atoms with E-state index in [0.29, 0.717) is 17.0 Å². The first-order chi connectivity index (χ1) is 19.1. The van der Waals surface area contributed by atoms with E-state index in [4.69, 9.17) is 10.5 Å². The summed E-state index contributed by atoms with van der Waals surface area (Å²) in [6, 6.07) is 15.3. The SMILES string of the molecule is CCS(=O)(=O)N[C@H]1[C@@H](F)CN(C(=O)OCc2ccccc2)[C@H]1Cc1cccc(Cc2nc(CN)ccc2C)c1F.[B-].[Na+]. The van der Waals surface area contributed by atoms with Crippen LogP contribution in [0.1, 0.15) is 40.6 Å². The molecular weight excluding hydrogens is 572 g/mol. The number of halogens is 2. The van der Waals surface area contributed by atoms with Crippen molar-refractivity contribution >= 4 is 24.5 Å². The first-order valence-corrected chi connectivity index (χ1v) is 14.8. The molecule has 1 saturated heterocycles. The number of hydrogen-bond donors (Lipinski definition) is 2. The topological polar surface area (TPSA) is 115 Å². The standard InChI is InChI=1S/C29H34F2N4O4S.B.Na/c1-3-40(37,38)34-28-24(30)17-35(29(36)39-18-20-8-5-4-6-9-20)26(28)15-22-11-7-10-21(27(22)31)14-25-19(2)12-13-23(16-32)33-25;;/h4-13,24,26,28,34H,3,14-18,32H2,1-2H3;;/q;-1;+1/t24-,26-,28-;;/m0../s1. The minimum Gasteiger partial charge on any atom is -1.00 e. The van der Waals surface area contributed by atoms with Crippen LogP contribution in [0.15, 0.2) is 60.7 Å². The number of aromatic nitrogens is 1. The molecule has 3 atom stereocenters. The molecule has 3 N–H and O–H groups in total. The average molecular weight is 606 g/mol. The van der Waals surface area contributed by atoms with Crippen molar-refractivity contribution in [1.82, 2.24) is 14.6 Å². The minimum atomic E-state index is -3.82. The number of nitrogens with one attached hydrogen (secondary N) is 1. The Bertz CT molecular complexity index is 1450. The van der Waals surface area contributed by atoms with E-state index >= 15 is 8.78 Å². The fourth-order valence-corrected chi connectivity index (χ4v) is 5.69. The van der Waals surface area contributed by atoms with Gasteiger partial charge in [-0.25, -0.2) is 26.7 Å². The van der Waals surface area contributed by atoms with Crippen molar-refractivity contribution in [1.29, 1.82) is 0 Å². The predicted molar refractivity (Wildman–Crippen MR) is 154 cm³/mol. The number of pyridine rings is 1. The number of sulfonamides is 1. The van der Waals surface area contributed by atoms with E-state index in [2.05, 4.69) is 9.71 Å². The molecule has 4 rings (SSSR count). The summed E-state index contributed by atoms with van der Waals surface area (Å²) in [5, 5.41) is 0. The third kappa shape index (κ3) is 8.84. The smallest absolute Gasteiger partial charge is 1.00 e. The molecule has 8 nitrogen and oxygen atoms in total. The molecule has 0 saturated carbocycles. The van der Waals surface area contributed by atoms with Gasteiger partial charge in [-0.2, -0.15) is 0 Å². The Labute approximate surface area is 270 Å². The second kappa shape index (κ2) is 15.9. The van der Waals surface area contributed by atoms with Gasteiger partial charge in [-0.05, 0) is 48.6 Å². The first kappa shape index (κ1) is 35.8. The van der Waals surface area contributed by atoms with Crippen LogP contribution in [0.4, 0.5) is 13.6 Å². The maximum absolute atomic E-state index is 15.8. The number of benzene rings is 2. The van der Waals surface area contributed by atoms with Gasteiger partial charge < -0.3 is 23.8 Å². The summed E-state index contributed by atoms with van der Waals surface area (Å²) in [5.41, 5.74) is 9.33. The van der Waals surface area contributed by atoms with Crippen LogP contribution in [0, 0.1) is 12.7 Å². The van der Waals surface area contributed by atoms with Crippen molar-refractivity contribution in [2.24, 2.45) is 5.73 Å². The molecule has 2 heterocycles. The van der Waals surface area contributed by atoms with E-state index in [9.17, 15) is 13.2 Å². The zero-order chi connectivity index (χ0) is 28.9. The summed E-state index contributed by atoms with van der Waals surface area (Å²) in [7, 11) is -3.82. The van der Waals surface area contributed by atoms with Gasteiger partial charge in [0.15, 0.2) is 0 Å². The van der Waals surface area contributed by atoms with Crippen molar-refractivity contribution < 1.29 is 56.3 Å². The van der Waals surface area contributed by atoms with Crippen molar-refractivity contribution in [2.45, 2.75) is 58.1 Å². The van der Waals surface area contributed by atoms with Gasteiger partial charge >= 0.3 is 35.7 Å². The fraction of sp³-hybridized carbons (Fsp3) is 0.379. The molecule has 218 valence electrons. The van der Waals surface area contributed by atoms with Crippen LogP contribution < -0.4 is 40.0 Å². The quantitative estimate of drug-likeness (QED) is 0.324. The number of likely N-dealkylation sites (tertiary alicyclic amines) is 1. The van der Waals surface area contributed by atoms with Crippen LogP contribution in [0.3, 0.4) is 0 Å². The molecular formula is C29H34BF2N4NaO4S. The predicted octanol–water partition coefficient (Wildman–Crippen LogP) is 0.411. The molecule has 3 aromatic rings. The van der Waals surface area contributed by atoms with Crippen LogP contribution in [-0.2, 0) is 40.8 Å². The number of rotatable bonds is 10. The number of aryl methyl sites for hydroxylation is 1. The van der Waals surface area contributed by atoms with E-state index in [-0.39, 0.29) is 81.8 Å². The third-order valence-electron chi connectivity index (χ3n) is 7.13. The Morgan fingerprint density at radius 1 is 1.12 bits per heavy atom. The van der Waals surface area contributed by atoms with Gasteiger partial charge in [-0.15, -0.1) is 0 Å². The van der Waals surface area contributed by atoms with Crippen molar-refractivity contribution in [2.75, 3.05) is 12.3 Å². The molecule has 0 bridgehead atoms. The number of alkyl halides is 1. The molecule has 4 radical (unpaired) electrons. The Kier molecular flexibility index (Phi) is 13.6. The van der Waals surface area contributed by atoms with Crippen molar-refractivity contribution in [3.63, 3.8) is 0 Å². The second-order valence-electron chi connectivity index (χ2n) is 9.86. The van der Waals surface area contributed by atoms with Gasteiger partial charge in [0.1, 0.15) is 18.6 Å². The maximum Gasteiger partial charge on any atom is 1.00 e. The summed E-state index contributed by atoms with van der Waals surface area (Å²) >= 11 is 0. The normalized spacial score (nSPS) is 18.2. The molecule has 42 heavy (non-hydrogen) atoms. The van der Waals surface area contributed by atoms with Crippen LogP contribution in [0.2, 0.25) is 0 Å². The molecule has 1 fully saturated rings. The number of amides is 1. The summed E-state index contributed by atoms with van der Waals surface area (Å²) in [4.78, 5) is 18.8. The van der Waals surface area contributed by atoms with E-state index in [1.54, 1.807) is 42.5 Å². The van der Waals surface area contributed by atoms with E-state index < -0.39 is 40.2 Å². The fourth-order valence-electron chi connectivity index (χ4n) is 4.81. The van der Waals surface area contributed by atoms with Gasteiger partial charge in [0.2, 0.25) is 10.0 Å². The summed E-state index contributed by atoms with van der Waals surface area (Å²) in [6.07, 6.45) is -2.41. The number of ether oxygens (including phenoxy) is 1. The number of carbonyl (C=O) groups excluding carboxylic acids is 1. The maximum atomic E-state index is 15.8. The van der Waals surface area contributed by atoms with Gasteiger partial charge in [0, 0.05) is 18.7 Å². The molecule has 2 aromatic carbocycles. The molecule has 1 amide bonds. The van der Waals surface area contributed by atoms with Gasteiger partial charge in [-0.3, -0.25) is 4.98 Å². The minimum absolute atomic E-state index is 0. The number of nitrogens with zero attached hydrogens (tertiary/aromatic N) is 2. The molecule has 13 heteroatoms. The largest absolute Gasteiger partial charge is 1.00 e. The number of hydrogen-bond acceptors (Lipinski definition) is 6. The van der Waals surface area contributed by atoms with E-state index in [1.807, 2.05) is 25.1 Å². The Balaban J connectivity index is 0.00000308. The van der Waals surface area contributed by atoms with Crippen molar-refractivity contribution in [3.8, 4) is 0 Å². The molecule has 1 aliphatic heterocycles. The third-order valence-corrected chi connectivity index (χ3v) is 8.52. The summed E-state index contributed by atoms with van der Waals surface area (Å²) in [5.74, 6) is -0.779. The monoisotopic (exact) mass is 606 g/mol. The zero-order valence-electron chi connectivity index (χ0n) is 24.1. The van der Waals surface area contributed by atoms with Crippen LogP contribution in [0.5, 0.6) is 0 Å². The van der Waals surface area contributed by atoms with E-state index in [0.717, 1.165) is 16.0 Å². The first-order valence-electron chi connectivity index (χ1n) is 13.1. The van der Waals surface area contributed by atoms with Crippen LogP contribution in [-0.4, -0.2) is 63.4 Å². The van der Waals surface area contributed by atoms with Gasteiger partial charge in [0.05, 0.1) is 30.1 Å². The Morgan fingerprint density at radius 2 is 1.81 bits per heavy atom. The Hall–Kier alpha value is -2.35. The van der Waals surface area contributed by atoms with Crippen molar-refractivity contribution in [3.05, 3.63) is 100 Å². The van der Waals surface area contributed by atoms with Gasteiger partial charge in [-0.1, -0.05) is 54.6 Å². The van der Waals surface area contributed by atoms with Crippen LogP contribution in [0.25, 0.3) is 0 Å². The molecule has 0 aliphatic carbocycles. The Morgan fingerprint density at radius 3 is 2.48 bits per heavy atom.